The van der Waals surface area contributed by atoms with Crippen molar-refractivity contribution in [2.75, 3.05) is 31.7 Å². The Morgan fingerprint density at radius 2 is 2.10 bits per heavy atom. The maximum absolute atomic E-state index is 13.2. The largest absolute Gasteiger partial charge is 0.408 e. The summed E-state index contributed by atoms with van der Waals surface area (Å²) >= 11 is 3.64. The van der Waals surface area contributed by atoms with Crippen molar-refractivity contribution in [3.05, 3.63) is 32.6 Å². The summed E-state index contributed by atoms with van der Waals surface area (Å²) in [5.41, 5.74) is -0.707. The molecule has 3 saturated heterocycles. The van der Waals surface area contributed by atoms with Crippen LogP contribution in [-0.2, 0) is 18.3 Å². The molecule has 0 saturated carbocycles. The van der Waals surface area contributed by atoms with Gasteiger partial charge < -0.3 is 9.84 Å². The zero-order valence-corrected chi connectivity index (χ0v) is 19.3. The molecule has 4 heterocycles. The number of aromatic amines is 1. The number of nitrogens with zero attached hydrogens (tertiary/aromatic N) is 2. The van der Waals surface area contributed by atoms with E-state index < -0.39 is 37.4 Å². The van der Waals surface area contributed by atoms with Gasteiger partial charge in [-0.2, -0.15) is 0 Å². The normalized spacial score (nSPS) is 35.8. The molecule has 0 aliphatic carbocycles. The Morgan fingerprint density at radius 3 is 2.83 bits per heavy atom. The van der Waals surface area contributed by atoms with Crippen molar-refractivity contribution in [3.8, 4) is 0 Å². The van der Waals surface area contributed by atoms with E-state index in [0.717, 1.165) is 11.5 Å². The minimum atomic E-state index is -3.48. The summed E-state index contributed by atoms with van der Waals surface area (Å²) in [5.74, 6) is 2.14. The third-order valence-electron chi connectivity index (χ3n) is 5.35. The molecule has 0 aromatic carbocycles. The predicted molar refractivity (Wildman–Crippen MR) is 115 cm³/mol. The van der Waals surface area contributed by atoms with E-state index in [4.69, 9.17) is 13.8 Å². The van der Waals surface area contributed by atoms with Crippen LogP contribution in [0.5, 0.6) is 0 Å². The molecule has 4 rings (SSSR count). The molecular formula is C17H26N3O7PS2. The molecule has 2 N–H and O–H groups in total. The van der Waals surface area contributed by atoms with Crippen LogP contribution < -0.4 is 11.2 Å². The van der Waals surface area contributed by atoms with E-state index in [1.54, 1.807) is 18.6 Å². The molecule has 3 fully saturated rings. The van der Waals surface area contributed by atoms with Gasteiger partial charge in [-0.25, -0.2) is 14.0 Å². The summed E-state index contributed by atoms with van der Waals surface area (Å²) in [7, 11) is -1.77. The number of nitrogens with one attached hydrogen (secondary N) is 1. The van der Waals surface area contributed by atoms with Crippen LogP contribution in [0.15, 0.2) is 15.8 Å². The van der Waals surface area contributed by atoms with E-state index in [9.17, 15) is 19.3 Å². The molecule has 5 atom stereocenters. The second-order valence-electron chi connectivity index (χ2n) is 7.62. The van der Waals surface area contributed by atoms with Crippen LogP contribution >= 0.6 is 31.3 Å². The molecule has 0 bridgehead atoms. The van der Waals surface area contributed by atoms with Crippen molar-refractivity contribution in [1.82, 2.24) is 14.2 Å². The molecule has 0 spiro atoms. The average Bonchev–Trinajstić information content (AvgIpc) is 3.23. The Kier molecular flexibility index (Phi) is 6.86. The molecule has 2 unspecified atom stereocenters. The maximum Gasteiger partial charge on any atom is 0.408 e. The number of hydrogen-bond acceptors (Lipinski definition) is 9. The fraction of sp³-hybridized carbons (Fsp3) is 0.765. The standard InChI is InChI=1S/C17H26N3O7PS2/c1-10-7-20(17(23)18-15(10)22)14-6-11(21)13(26-14)9-25-28(24)19(2)8-12(27-28)16-29-4-3-5-30-16/h7,11-14,16,21H,3-6,8-9H2,1-2H3,(H,18,22,23)/t11-,12?,13+,14+,28?/m0/s1. The number of likely N-dealkylation sites (N-methyl/N-ethyl adjacent to an activating group) is 1. The van der Waals surface area contributed by atoms with Gasteiger partial charge in [0.1, 0.15) is 18.4 Å². The van der Waals surface area contributed by atoms with Crippen molar-refractivity contribution in [3.63, 3.8) is 0 Å². The van der Waals surface area contributed by atoms with Gasteiger partial charge in [0.25, 0.3) is 5.56 Å². The van der Waals surface area contributed by atoms with Gasteiger partial charge in [0.15, 0.2) is 0 Å². The second kappa shape index (κ2) is 9.11. The van der Waals surface area contributed by atoms with Crippen molar-refractivity contribution in [2.24, 2.45) is 0 Å². The van der Waals surface area contributed by atoms with Crippen molar-refractivity contribution in [2.45, 2.75) is 48.9 Å². The van der Waals surface area contributed by atoms with Gasteiger partial charge >= 0.3 is 13.4 Å². The lowest BCUT2D eigenvalue weighted by Gasteiger charge is -2.25. The van der Waals surface area contributed by atoms with Crippen LogP contribution in [0, 0.1) is 6.92 Å². The fourth-order valence-electron chi connectivity index (χ4n) is 3.63. The highest BCUT2D eigenvalue weighted by atomic mass is 32.2. The summed E-state index contributed by atoms with van der Waals surface area (Å²) in [6, 6.07) is 0. The molecule has 0 radical (unpaired) electrons. The minimum absolute atomic E-state index is 0.131. The van der Waals surface area contributed by atoms with Gasteiger partial charge in [-0.15, -0.1) is 23.5 Å². The van der Waals surface area contributed by atoms with Crippen LogP contribution in [0.1, 0.15) is 24.6 Å². The lowest BCUT2D eigenvalue weighted by Crippen LogP contribution is -2.33. The van der Waals surface area contributed by atoms with Crippen LogP contribution in [-0.4, -0.2) is 73.9 Å². The zero-order valence-electron chi connectivity index (χ0n) is 16.8. The molecule has 168 valence electrons. The Bertz CT molecular complexity index is 935. The van der Waals surface area contributed by atoms with Crippen molar-refractivity contribution >= 4 is 31.3 Å². The molecule has 30 heavy (non-hydrogen) atoms. The first kappa shape index (κ1) is 22.6. The van der Waals surface area contributed by atoms with E-state index in [-0.39, 0.29) is 23.7 Å². The number of aliphatic hydroxyl groups excluding tert-OH is 1. The van der Waals surface area contributed by atoms with E-state index >= 15 is 0 Å². The Labute approximate surface area is 182 Å². The monoisotopic (exact) mass is 479 g/mol. The second-order valence-corrected chi connectivity index (χ2v) is 12.5. The molecule has 3 aliphatic heterocycles. The number of H-pyrrole nitrogens is 1. The van der Waals surface area contributed by atoms with Gasteiger partial charge in [-0.1, -0.05) is 0 Å². The number of thioether (sulfide) groups is 2. The highest BCUT2D eigenvalue weighted by molar-refractivity contribution is 8.17. The van der Waals surface area contributed by atoms with Crippen LogP contribution in [0.2, 0.25) is 0 Å². The summed E-state index contributed by atoms with van der Waals surface area (Å²) in [4.78, 5) is 25.9. The third-order valence-corrected chi connectivity index (χ3v) is 10.5. The number of aromatic nitrogens is 2. The summed E-state index contributed by atoms with van der Waals surface area (Å²) in [5, 5.41) is 10.4. The first-order chi connectivity index (χ1) is 14.3. The fourth-order valence-corrected chi connectivity index (χ4v) is 8.39. The molecule has 1 aromatic rings. The predicted octanol–water partition coefficient (Wildman–Crippen LogP) is 1.14. The van der Waals surface area contributed by atoms with Crippen LogP contribution in [0.4, 0.5) is 0 Å². The topological polar surface area (TPSA) is 123 Å². The van der Waals surface area contributed by atoms with Crippen LogP contribution in [0.3, 0.4) is 0 Å². The van der Waals surface area contributed by atoms with E-state index in [1.165, 1.54) is 17.2 Å². The summed E-state index contributed by atoms with van der Waals surface area (Å²) < 4.78 is 33.5. The highest BCUT2D eigenvalue weighted by Gasteiger charge is 2.47. The van der Waals surface area contributed by atoms with Gasteiger partial charge in [0.2, 0.25) is 0 Å². The van der Waals surface area contributed by atoms with E-state index in [2.05, 4.69) is 4.98 Å². The average molecular weight is 480 g/mol. The first-order valence-electron chi connectivity index (χ1n) is 9.80. The Hall–Kier alpha value is -0.590. The molecular weight excluding hydrogens is 453 g/mol. The zero-order chi connectivity index (χ0) is 21.5. The SMILES string of the molecule is Cc1cn([C@H]2C[C@H](O)[C@@H](COP3(=O)OC(C4SCCCS4)CN3C)O2)c(=O)[nH]c1=O. The number of rotatable bonds is 5. The smallest absolute Gasteiger partial charge is 0.390 e. The molecule has 0 amide bonds. The number of ether oxygens (including phenoxy) is 1. The summed E-state index contributed by atoms with van der Waals surface area (Å²) in [6.45, 7) is 1.97. The maximum atomic E-state index is 13.2. The molecule has 1 aromatic heterocycles. The summed E-state index contributed by atoms with van der Waals surface area (Å²) in [6.07, 6.45) is 0.116. The number of aliphatic hydroxyl groups is 1. The number of aryl methyl sites for hydroxylation is 1. The lowest BCUT2D eigenvalue weighted by atomic mass is 10.2. The van der Waals surface area contributed by atoms with Crippen molar-refractivity contribution < 1.29 is 23.5 Å². The molecule has 10 nitrogen and oxygen atoms in total. The van der Waals surface area contributed by atoms with Gasteiger partial charge in [0.05, 0.1) is 17.3 Å². The highest BCUT2D eigenvalue weighted by Crippen LogP contribution is 2.59. The van der Waals surface area contributed by atoms with Crippen LogP contribution in [0.25, 0.3) is 0 Å². The Morgan fingerprint density at radius 1 is 1.37 bits per heavy atom. The van der Waals surface area contributed by atoms with Gasteiger partial charge in [-0.3, -0.25) is 23.4 Å². The minimum Gasteiger partial charge on any atom is -0.390 e. The quantitative estimate of drug-likeness (QED) is 0.595. The van der Waals surface area contributed by atoms with Gasteiger partial charge in [-0.05, 0) is 31.9 Å². The number of hydrogen-bond donors (Lipinski definition) is 2. The molecule has 13 heteroatoms. The van der Waals surface area contributed by atoms with E-state index in [1.807, 2.05) is 23.5 Å². The molecule has 3 aliphatic rings. The first-order valence-corrected chi connectivity index (χ1v) is 13.4. The Balaban J connectivity index is 1.38. The third kappa shape index (κ3) is 4.61. The van der Waals surface area contributed by atoms with Crippen molar-refractivity contribution in [1.29, 1.82) is 0 Å². The van der Waals surface area contributed by atoms with E-state index in [0.29, 0.717) is 12.1 Å². The van der Waals surface area contributed by atoms with Gasteiger partial charge in [0, 0.05) is 24.7 Å². The lowest BCUT2D eigenvalue weighted by molar-refractivity contribution is -0.0441.